The van der Waals surface area contributed by atoms with E-state index < -0.39 is 57.2 Å². The number of aryl methyl sites for hydroxylation is 2. The van der Waals surface area contributed by atoms with Crippen LogP contribution in [0, 0.1) is 13.8 Å². The Kier molecular flexibility index (Phi) is 7.40. The lowest BCUT2D eigenvalue weighted by atomic mass is 9.77. The molecule has 14 nitrogen and oxygen atoms in total. The SMILES string of the molecule is Cc1c2ccccc2c(C)c2c3c(ccc12)C(O)C(O)C(O)C3Nc1ncnc2c1ncn2C1CC(O)C(COP(=O)(O)O)O1. The van der Waals surface area contributed by atoms with Crippen LogP contribution in [0.15, 0.2) is 49.1 Å². The van der Waals surface area contributed by atoms with Gasteiger partial charge in [-0.05, 0) is 57.6 Å². The average Bonchev–Trinajstić information content (AvgIpc) is 3.62. The molecule has 3 aromatic carbocycles. The monoisotopic (exact) mass is 637 g/mol. The van der Waals surface area contributed by atoms with Crippen molar-refractivity contribution < 1.29 is 44.0 Å². The lowest BCUT2D eigenvalue weighted by molar-refractivity contribution is -0.0766. The predicted octanol–water partition coefficient (Wildman–Crippen LogP) is 2.43. The van der Waals surface area contributed by atoms with Crippen LogP contribution < -0.4 is 5.32 Å². The van der Waals surface area contributed by atoms with Crippen LogP contribution in [0.4, 0.5) is 5.82 Å². The Morgan fingerprint density at radius 1 is 0.978 bits per heavy atom. The number of rotatable bonds is 6. The van der Waals surface area contributed by atoms with Gasteiger partial charge < -0.3 is 40.3 Å². The molecule has 7 unspecified atom stereocenters. The normalized spacial score (nSPS) is 27.0. The van der Waals surface area contributed by atoms with E-state index in [1.54, 1.807) is 10.6 Å². The Morgan fingerprint density at radius 3 is 2.44 bits per heavy atom. The summed E-state index contributed by atoms with van der Waals surface area (Å²) in [4.78, 5) is 31.3. The van der Waals surface area contributed by atoms with Gasteiger partial charge in [-0.1, -0.05) is 36.4 Å². The van der Waals surface area contributed by atoms with E-state index in [4.69, 9.17) is 14.5 Å². The Morgan fingerprint density at radius 2 is 1.71 bits per heavy atom. The Hall–Kier alpha value is -3.56. The molecule has 2 aliphatic rings. The van der Waals surface area contributed by atoms with E-state index in [9.17, 15) is 25.0 Å². The maximum Gasteiger partial charge on any atom is 0.469 e. The molecule has 1 saturated heterocycles. The largest absolute Gasteiger partial charge is 0.469 e. The maximum absolute atomic E-state index is 11.4. The average molecular weight is 638 g/mol. The topological polar surface area (TPSA) is 213 Å². The minimum absolute atomic E-state index is 0.0881. The van der Waals surface area contributed by atoms with Gasteiger partial charge in [0.1, 0.15) is 37.0 Å². The highest BCUT2D eigenvalue weighted by Gasteiger charge is 2.43. The van der Waals surface area contributed by atoms with Crippen molar-refractivity contribution in [2.75, 3.05) is 11.9 Å². The highest BCUT2D eigenvalue weighted by molar-refractivity contribution is 7.46. The lowest BCUT2D eigenvalue weighted by Crippen LogP contribution is -2.44. The second-order valence-electron chi connectivity index (χ2n) is 11.6. The molecular formula is C30H32N5O9P. The van der Waals surface area contributed by atoms with Gasteiger partial charge in [0.15, 0.2) is 17.0 Å². The number of fused-ring (bicyclic) bond motifs is 5. The smallest absolute Gasteiger partial charge is 0.390 e. The first-order valence-electron chi connectivity index (χ1n) is 14.4. The zero-order valence-electron chi connectivity index (χ0n) is 24.2. The van der Waals surface area contributed by atoms with Gasteiger partial charge in [-0.25, -0.2) is 19.5 Å². The van der Waals surface area contributed by atoms with Gasteiger partial charge in [-0.15, -0.1) is 0 Å². The van der Waals surface area contributed by atoms with E-state index >= 15 is 0 Å². The third-order valence-corrected chi connectivity index (χ3v) is 9.50. The van der Waals surface area contributed by atoms with Crippen molar-refractivity contribution in [1.29, 1.82) is 0 Å². The van der Waals surface area contributed by atoms with Crippen molar-refractivity contribution in [1.82, 2.24) is 19.5 Å². The van der Waals surface area contributed by atoms with Crippen LogP contribution in [0.2, 0.25) is 0 Å². The number of benzene rings is 3. The maximum atomic E-state index is 11.4. The quantitative estimate of drug-likeness (QED) is 0.105. The number of phosphoric ester groups is 1. The standard InChI is InChI=1S/C30H32N5O9P/c1-13-15-5-3-4-6-16(15)14(2)22-17(13)7-8-18-23(22)24(27(38)28(39)26(18)37)34-29-25-30(32-11-31-29)35(12-33-25)21-9-19(36)20(44-21)10-43-45(40,41)42/h3-8,11-12,19-21,24,26-28,36-39H,9-10H2,1-2H3,(H,31,32,34)(H2,40,41,42). The van der Waals surface area contributed by atoms with Gasteiger partial charge in [0, 0.05) is 6.42 Å². The van der Waals surface area contributed by atoms with Gasteiger partial charge in [0.05, 0.1) is 25.1 Å². The molecule has 15 heteroatoms. The summed E-state index contributed by atoms with van der Waals surface area (Å²) in [5.41, 5.74) is 3.81. The van der Waals surface area contributed by atoms with Crippen LogP contribution in [-0.4, -0.2) is 80.8 Å². The zero-order chi connectivity index (χ0) is 31.8. The number of ether oxygens (including phenoxy) is 1. The summed E-state index contributed by atoms with van der Waals surface area (Å²) < 4.78 is 23.1. The van der Waals surface area contributed by atoms with Gasteiger partial charge in [0.25, 0.3) is 0 Å². The number of nitrogens with one attached hydrogen (secondary N) is 1. The molecule has 0 saturated carbocycles. The molecule has 3 heterocycles. The fourth-order valence-electron chi connectivity index (χ4n) is 6.78. The van der Waals surface area contributed by atoms with Crippen molar-refractivity contribution in [2.24, 2.45) is 0 Å². The number of anilines is 1. The van der Waals surface area contributed by atoms with E-state index in [0.29, 0.717) is 22.3 Å². The number of aliphatic hydroxyl groups excluding tert-OH is 4. The number of phosphoric acid groups is 1. The minimum Gasteiger partial charge on any atom is -0.390 e. The van der Waals surface area contributed by atoms with E-state index in [2.05, 4.69) is 30.9 Å². The van der Waals surface area contributed by atoms with Crippen molar-refractivity contribution in [2.45, 2.75) is 63.1 Å². The summed E-state index contributed by atoms with van der Waals surface area (Å²) in [5.74, 6) is 0.254. The van der Waals surface area contributed by atoms with Crippen LogP contribution >= 0.6 is 7.82 Å². The van der Waals surface area contributed by atoms with E-state index in [-0.39, 0.29) is 12.2 Å². The van der Waals surface area contributed by atoms with Crippen LogP contribution in [0.1, 0.15) is 47.0 Å². The van der Waals surface area contributed by atoms with Crippen LogP contribution in [0.3, 0.4) is 0 Å². The molecule has 236 valence electrons. The predicted molar refractivity (Wildman–Crippen MR) is 162 cm³/mol. The van der Waals surface area contributed by atoms with E-state index in [1.165, 1.54) is 12.7 Å². The number of aromatic nitrogens is 4. The summed E-state index contributed by atoms with van der Waals surface area (Å²) in [6.45, 7) is 3.53. The first kappa shape index (κ1) is 30.1. The second kappa shape index (κ2) is 11.1. The van der Waals surface area contributed by atoms with Crippen LogP contribution in [0.5, 0.6) is 0 Å². The first-order chi connectivity index (χ1) is 21.4. The second-order valence-corrected chi connectivity index (χ2v) is 12.8. The van der Waals surface area contributed by atoms with Crippen LogP contribution in [-0.2, 0) is 13.8 Å². The van der Waals surface area contributed by atoms with E-state index in [1.807, 2.05) is 38.1 Å². The van der Waals surface area contributed by atoms with Crippen LogP contribution in [0.25, 0.3) is 32.7 Å². The number of hydrogen-bond donors (Lipinski definition) is 7. The molecule has 1 fully saturated rings. The van der Waals surface area contributed by atoms with Crippen molar-refractivity contribution in [3.63, 3.8) is 0 Å². The molecule has 45 heavy (non-hydrogen) atoms. The molecule has 0 amide bonds. The summed E-state index contributed by atoms with van der Waals surface area (Å²) in [7, 11) is -4.75. The highest BCUT2D eigenvalue weighted by atomic mass is 31.2. The van der Waals surface area contributed by atoms with Crippen molar-refractivity contribution >= 4 is 46.3 Å². The molecule has 7 atom stereocenters. The number of aliphatic hydroxyl groups is 4. The lowest BCUT2D eigenvalue weighted by Gasteiger charge is -2.39. The molecule has 2 aromatic heterocycles. The van der Waals surface area contributed by atoms with Crippen molar-refractivity contribution in [3.05, 3.63) is 71.3 Å². The third-order valence-electron chi connectivity index (χ3n) is 9.01. The molecule has 0 radical (unpaired) electrons. The fraction of sp³-hybridized carbons (Fsp3) is 0.367. The van der Waals surface area contributed by atoms with Crippen molar-refractivity contribution in [3.8, 4) is 0 Å². The molecule has 5 aromatic rings. The molecule has 7 rings (SSSR count). The summed E-state index contributed by atoms with van der Waals surface area (Å²) >= 11 is 0. The molecule has 1 aliphatic heterocycles. The zero-order valence-corrected chi connectivity index (χ0v) is 25.1. The summed E-state index contributed by atoms with van der Waals surface area (Å²) in [6, 6.07) is 10.9. The molecular weight excluding hydrogens is 605 g/mol. The number of hydrogen-bond acceptors (Lipinski definition) is 11. The minimum atomic E-state index is -4.75. The molecule has 0 bridgehead atoms. The van der Waals surface area contributed by atoms with Gasteiger partial charge >= 0.3 is 7.82 Å². The number of imidazole rings is 1. The fourth-order valence-corrected chi connectivity index (χ4v) is 7.12. The summed E-state index contributed by atoms with van der Waals surface area (Å²) in [5, 5.41) is 51.1. The van der Waals surface area contributed by atoms with E-state index in [0.717, 1.165) is 32.7 Å². The Bertz CT molecular complexity index is 2000. The number of nitrogens with zero attached hydrogens (tertiary/aromatic N) is 4. The molecule has 1 aliphatic carbocycles. The third kappa shape index (κ3) is 4.99. The Labute approximate surface area is 256 Å². The van der Waals surface area contributed by atoms with Gasteiger partial charge in [-0.2, -0.15) is 0 Å². The Balaban J connectivity index is 1.30. The molecule has 7 N–H and O–H groups in total. The first-order valence-corrected chi connectivity index (χ1v) is 15.9. The molecule has 0 spiro atoms. The van der Waals surface area contributed by atoms with Gasteiger partial charge in [0.2, 0.25) is 0 Å². The highest BCUT2D eigenvalue weighted by Crippen LogP contribution is 2.46. The van der Waals surface area contributed by atoms with Gasteiger partial charge in [-0.3, -0.25) is 9.09 Å². The summed E-state index contributed by atoms with van der Waals surface area (Å²) in [6.07, 6.45) is -4.19.